The van der Waals surface area contributed by atoms with Crippen LogP contribution in [0.4, 0.5) is 34.1 Å². The molecule has 0 bridgehead atoms. The second kappa shape index (κ2) is 21.2. The number of nitrogens with zero attached hydrogens (tertiary/aromatic N) is 4. The van der Waals surface area contributed by atoms with Gasteiger partial charge in [-0.25, -0.2) is 0 Å². The third-order valence-electron chi connectivity index (χ3n) is 20.5. The normalized spacial score (nSPS) is 14.9. The minimum absolute atomic E-state index is 0.0263. The van der Waals surface area contributed by atoms with Crippen molar-refractivity contribution in [2.75, 3.05) is 9.80 Å². The molecule has 0 amide bonds. The van der Waals surface area contributed by atoms with Crippen LogP contribution in [0.2, 0.25) is 0 Å². The number of para-hydroxylation sites is 6. The highest BCUT2D eigenvalue weighted by Crippen LogP contribution is 2.52. The molecule has 6 heterocycles. The first-order chi connectivity index (χ1) is 53.8. The lowest BCUT2D eigenvalue weighted by Crippen LogP contribution is -2.61. The molecule has 7 heteroatoms. The van der Waals surface area contributed by atoms with E-state index in [9.17, 15) is 13.7 Å². The Hall–Kier alpha value is -12.1. The van der Waals surface area contributed by atoms with Gasteiger partial charge in [-0.3, -0.25) is 0 Å². The second-order valence-corrected chi connectivity index (χ2v) is 28.2. The zero-order valence-electron chi connectivity index (χ0n) is 68.0. The van der Waals surface area contributed by atoms with Gasteiger partial charge in [0.05, 0.1) is 56.9 Å². The number of aromatic nitrogens is 2. The highest BCUT2D eigenvalue weighted by Gasteiger charge is 2.45. The Labute approximate surface area is 592 Å². The fourth-order valence-electron chi connectivity index (χ4n) is 15.9. The Kier molecular flexibility index (Phi) is 9.73. The molecule has 2 aliphatic heterocycles. The summed E-state index contributed by atoms with van der Waals surface area (Å²) in [4.78, 5) is 4.28. The van der Waals surface area contributed by atoms with Crippen LogP contribution in [-0.2, 0) is 10.8 Å². The fraction of sp³-hybridized carbons (Fsp3) is 0.0870. The molecular formula is C92H67BN4O2. The van der Waals surface area contributed by atoms with Gasteiger partial charge in [0.25, 0.3) is 6.71 Å². The number of furan rings is 2. The van der Waals surface area contributed by atoms with Gasteiger partial charge in [0.1, 0.15) is 11.2 Å². The molecule has 14 aromatic carbocycles. The topological polar surface area (TPSA) is 42.6 Å². The van der Waals surface area contributed by atoms with Crippen LogP contribution in [-0.4, -0.2) is 15.8 Å². The zero-order chi connectivity index (χ0) is 77.5. The van der Waals surface area contributed by atoms with Crippen LogP contribution in [0.3, 0.4) is 0 Å². The fourth-order valence-corrected chi connectivity index (χ4v) is 15.9. The summed E-state index contributed by atoms with van der Waals surface area (Å²) in [5, 5.41) is 5.22. The number of anilines is 6. The SMILES string of the molecule is [2H]c1c([2H])c([2H])c(-c2ccc3c(c2)N(c2cccc4c2oc2c(-c5ccccc5)cccc24)c2cc(-n4c5c([2H])c([2H])c([2H])c([2H])c5c5c([2H])c([2H])c([2H])c([2H])c54)cc4c2B3c2ccc(-n3c5ccc(C(C)(C)C)cc5c5cc(C(C)(C)C)ccc53)cc2N4c2cccc3c2oc2c(-c4ccccc4)cccc23)c([2H])c1[2H]. The van der Waals surface area contributed by atoms with E-state index >= 15 is 0 Å². The zero-order valence-corrected chi connectivity index (χ0v) is 55.0. The lowest BCUT2D eigenvalue weighted by atomic mass is 9.33. The van der Waals surface area contributed by atoms with Crippen LogP contribution >= 0.6 is 0 Å². The number of hydrogen-bond acceptors (Lipinski definition) is 4. The Bertz CT molecular complexity index is 7060. The van der Waals surface area contributed by atoms with Crippen molar-refractivity contribution >= 4 is 145 Å². The molecule has 470 valence electrons. The van der Waals surface area contributed by atoms with Crippen LogP contribution < -0.4 is 26.2 Å². The largest absolute Gasteiger partial charge is 0.453 e. The second-order valence-electron chi connectivity index (χ2n) is 28.2. The number of rotatable bonds is 7. The van der Waals surface area contributed by atoms with E-state index in [0.29, 0.717) is 62.0 Å². The monoisotopic (exact) mass is 1280 g/mol. The Morgan fingerprint density at radius 2 is 0.747 bits per heavy atom. The summed E-state index contributed by atoms with van der Waals surface area (Å²) >= 11 is 0. The first-order valence-electron chi connectivity index (χ1n) is 40.0. The van der Waals surface area contributed by atoms with Crippen LogP contribution in [0.1, 0.15) is 70.5 Å². The van der Waals surface area contributed by atoms with E-state index < -0.39 is 85.3 Å². The molecule has 0 fully saturated rings. The van der Waals surface area contributed by atoms with Crippen molar-refractivity contribution in [3.63, 3.8) is 0 Å². The molecule has 0 saturated carbocycles. The van der Waals surface area contributed by atoms with E-state index in [1.54, 1.807) is 4.57 Å². The van der Waals surface area contributed by atoms with Crippen molar-refractivity contribution in [1.82, 2.24) is 9.13 Å². The van der Waals surface area contributed by atoms with Gasteiger partial charge in [-0.2, -0.15) is 0 Å². The lowest BCUT2D eigenvalue weighted by Gasteiger charge is -2.44. The quantitative estimate of drug-likeness (QED) is 0.149. The molecule has 20 rings (SSSR count). The maximum Gasteiger partial charge on any atom is 0.252 e. The Balaban J connectivity index is 0.982. The molecule has 6 nitrogen and oxygen atoms in total. The third-order valence-corrected chi connectivity index (χ3v) is 20.5. The molecule has 0 aliphatic carbocycles. The number of hydrogen-bond donors (Lipinski definition) is 0. The average Bonchev–Trinajstić information content (AvgIpc) is 1.31. The van der Waals surface area contributed by atoms with Gasteiger partial charge in [0, 0.05) is 82.7 Å². The summed E-state index contributed by atoms with van der Waals surface area (Å²) < 4.78 is 142. The summed E-state index contributed by atoms with van der Waals surface area (Å²) in [6, 6.07) is 67.4. The predicted molar refractivity (Wildman–Crippen MR) is 417 cm³/mol. The summed E-state index contributed by atoms with van der Waals surface area (Å²) in [7, 11) is 0. The smallest absolute Gasteiger partial charge is 0.252 e. The van der Waals surface area contributed by atoms with Gasteiger partial charge in [-0.15, -0.1) is 0 Å². The predicted octanol–water partition coefficient (Wildman–Crippen LogP) is 23.4. The number of benzene rings is 14. The standard InChI is InChI=1S/C92H67BN4O2/c1-91(2,3)60-43-48-78-72(51-60)73-52-61(92(4,5)6)44-49-79(73)94(78)62-45-47-75-83(53-62)97(81-41-23-37-71-69-35-21-33-65(88(69)99-90(71)81)58-28-14-9-15-29-58)85-55-63(95-76-38-18-16-30-66(76)67-31-17-19-39-77(67)95)54-84-86(85)93(75)74-46-42-59(56-24-10-7-11-25-56)50-82(74)96(84)80-40-22-36-70-68-34-20-32-64(87(68)98-89(70)80)57-26-12-8-13-27-57/h7-55H,1-6H3/i7D,10D,11D,16D,17D,18D,19D,24D,25D,30D,31D,38D,39D. The highest BCUT2D eigenvalue weighted by molar-refractivity contribution is 7.00. The first kappa shape index (κ1) is 45.4. The first-order valence-corrected chi connectivity index (χ1v) is 33.5. The van der Waals surface area contributed by atoms with Crippen LogP contribution in [0.25, 0.3) is 132 Å². The lowest BCUT2D eigenvalue weighted by molar-refractivity contribution is 0.590. The average molecular weight is 1280 g/mol. The Morgan fingerprint density at radius 1 is 0.303 bits per heavy atom. The molecule has 0 unspecified atom stereocenters. The van der Waals surface area contributed by atoms with Crippen molar-refractivity contribution in [1.29, 1.82) is 0 Å². The molecule has 0 N–H and O–H groups in total. The minimum Gasteiger partial charge on any atom is -0.453 e. The van der Waals surface area contributed by atoms with Crippen molar-refractivity contribution in [2.45, 2.75) is 52.4 Å². The van der Waals surface area contributed by atoms with E-state index in [1.165, 1.54) is 11.1 Å². The van der Waals surface area contributed by atoms with Gasteiger partial charge < -0.3 is 27.8 Å². The molecular weight excluding hydrogens is 1200 g/mol. The minimum atomic E-state index is -0.728. The van der Waals surface area contributed by atoms with Crippen molar-refractivity contribution < 1.29 is 26.7 Å². The molecule has 4 aromatic heterocycles. The van der Waals surface area contributed by atoms with E-state index in [2.05, 4.69) is 141 Å². The van der Waals surface area contributed by atoms with Crippen LogP contribution in [0, 0.1) is 0 Å². The molecule has 99 heavy (non-hydrogen) atoms. The Morgan fingerprint density at radius 3 is 1.26 bits per heavy atom. The molecule has 0 spiro atoms. The molecule has 0 saturated heterocycles. The molecule has 0 radical (unpaired) electrons. The van der Waals surface area contributed by atoms with Gasteiger partial charge >= 0.3 is 0 Å². The van der Waals surface area contributed by atoms with E-state index in [-0.39, 0.29) is 43.9 Å². The maximum absolute atomic E-state index is 10.0. The van der Waals surface area contributed by atoms with Crippen molar-refractivity contribution in [3.05, 3.63) is 308 Å². The molecule has 18 aromatic rings. The van der Waals surface area contributed by atoms with Crippen molar-refractivity contribution in [3.8, 4) is 44.8 Å². The molecule has 2 aliphatic rings. The highest BCUT2D eigenvalue weighted by atomic mass is 16.3. The van der Waals surface area contributed by atoms with E-state index in [1.807, 2.05) is 133 Å². The summed E-state index contributed by atoms with van der Waals surface area (Å²) in [6.07, 6.45) is 0. The van der Waals surface area contributed by atoms with Gasteiger partial charge in [0.15, 0.2) is 11.2 Å². The van der Waals surface area contributed by atoms with Gasteiger partial charge in [0.2, 0.25) is 0 Å². The van der Waals surface area contributed by atoms with Gasteiger partial charge in [-0.05, 0) is 139 Å². The van der Waals surface area contributed by atoms with Crippen LogP contribution in [0.15, 0.2) is 306 Å². The summed E-state index contributed by atoms with van der Waals surface area (Å²) in [5.74, 6) is 0. The van der Waals surface area contributed by atoms with Crippen LogP contribution in [0.5, 0.6) is 0 Å². The van der Waals surface area contributed by atoms with Crippen molar-refractivity contribution in [2.24, 2.45) is 0 Å². The number of fused-ring (bicyclic) bond motifs is 16. The molecule has 0 atom stereocenters. The van der Waals surface area contributed by atoms with E-state index in [4.69, 9.17) is 12.9 Å². The summed E-state index contributed by atoms with van der Waals surface area (Å²) in [6.45, 7) is 12.6. The van der Waals surface area contributed by atoms with Gasteiger partial charge in [-0.1, -0.05) is 260 Å². The summed E-state index contributed by atoms with van der Waals surface area (Å²) in [5.41, 5.74) is 16.7. The maximum atomic E-state index is 10.0. The third kappa shape index (κ3) is 8.56. The van der Waals surface area contributed by atoms with E-state index in [0.717, 1.165) is 87.7 Å².